The van der Waals surface area contributed by atoms with Crippen LogP contribution >= 0.6 is 38.6 Å². The van der Waals surface area contributed by atoms with Crippen LogP contribution < -0.4 is 5.46 Å². The number of halogens is 1. The first-order valence-electron chi connectivity index (χ1n) is 12.9. The summed E-state index contributed by atoms with van der Waals surface area (Å²) < 4.78 is 15.9. The Morgan fingerprint density at radius 3 is 1.74 bits per heavy atom. The minimum absolute atomic E-state index is 0.314. The van der Waals surface area contributed by atoms with Gasteiger partial charge >= 0.3 is 7.12 Å². The van der Waals surface area contributed by atoms with Crippen molar-refractivity contribution in [1.29, 1.82) is 0 Å². The molecule has 3 heterocycles. The maximum absolute atomic E-state index is 6.13. The van der Waals surface area contributed by atoms with Gasteiger partial charge in [-0.25, -0.2) is 9.97 Å². The second-order valence-electron chi connectivity index (χ2n) is 11.2. The summed E-state index contributed by atoms with van der Waals surface area (Å²) in [6.45, 7) is 10.4. The molecule has 6 nitrogen and oxygen atoms in total. The highest BCUT2D eigenvalue weighted by molar-refractivity contribution is 9.10. The lowest BCUT2D eigenvalue weighted by Gasteiger charge is -2.32. The molecular formula is C28H38BBrN4O2S2. The van der Waals surface area contributed by atoms with Crippen molar-refractivity contribution in [1.82, 2.24) is 19.8 Å². The van der Waals surface area contributed by atoms with Gasteiger partial charge in [0.15, 0.2) is 0 Å². The third kappa shape index (κ3) is 7.21. The van der Waals surface area contributed by atoms with Crippen LogP contribution in [0.2, 0.25) is 0 Å². The van der Waals surface area contributed by atoms with Crippen molar-refractivity contribution >= 4 is 71.6 Å². The first-order valence-corrected chi connectivity index (χ1v) is 15.3. The first-order chi connectivity index (χ1) is 17.8. The number of thiazole rings is 2. The molecule has 2 aromatic carbocycles. The molecule has 4 aromatic rings. The number of fused-ring (bicyclic) bond motifs is 2. The predicted octanol–water partition coefficient (Wildman–Crippen LogP) is 5.86. The topological polar surface area (TPSA) is 50.7 Å². The standard InChI is InChI=1S/C17H25BN2O2S.C11H13BrN2S/c1-16(2)17(3,4)22-18(21-16)12-7-8-14-13(11-12)19-15(23-14)9-10-20(5)6;1-14(2)6-5-11-13-9-7-8(12)3-4-10(9)15-11/h7-8,11H,9-10H2,1-6H3;3-4,7H,5-6H2,1-2H3. The molecule has 1 fully saturated rings. The Hall–Kier alpha value is -1.40. The van der Waals surface area contributed by atoms with E-state index in [4.69, 9.17) is 14.3 Å². The van der Waals surface area contributed by atoms with Crippen LogP contribution in [-0.2, 0) is 22.2 Å². The van der Waals surface area contributed by atoms with Crippen molar-refractivity contribution in [2.24, 2.45) is 0 Å². The number of hydrogen-bond donors (Lipinski definition) is 0. The van der Waals surface area contributed by atoms with Gasteiger partial charge in [-0.3, -0.25) is 0 Å². The molecule has 0 saturated carbocycles. The van der Waals surface area contributed by atoms with Crippen LogP contribution in [-0.4, -0.2) is 79.4 Å². The van der Waals surface area contributed by atoms with Crippen LogP contribution in [0, 0.1) is 0 Å². The molecule has 0 aliphatic carbocycles. The summed E-state index contributed by atoms with van der Waals surface area (Å²) in [6.07, 6.45) is 2.02. The van der Waals surface area contributed by atoms with E-state index >= 15 is 0 Å². The lowest BCUT2D eigenvalue weighted by molar-refractivity contribution is 0.00578. The van der Waals surface area contributed by atoms with Crippen LogP contribution in [0.3, 0.4) is 0 Å². The van der Waals surface area contributed by atoms with E-state index in [-0.39, 0.29) is 18.3 Å². The van der Waals surface area contributed by atoms with Crippen molar-refractivity contribution in [2.45, 2.75) is 51.7 Å². The van der Waals surface area contributed by atoms with Gasteiger partial charge < -0.3 is 19.1 Å². The number of likely N-dealkylation sites (N-methyl/N-ethyl adjacent to an activating group) is 2. The third-order valence-electron chi connectivity index (χ3n) is 6.92. The van der Waals surface area contributed by atoms with Crippen molar-refractivity contribution in [3.05, 3.63) is 50.9 Å². The van der Waals surface area contributed by atoms with Crippen molar-refractivity contribution in [3.8, 4) is 0 Å². The second kappa shape index (κ2) is 12.0. The van der Waals surface area contributed by atoms with Gasteiger partial charge in [-0.2, -0.15) is 0 Å². The van der Waals surface area contributed by atoms with Crippen LogP contribution in [0.5, 0.6) is 0 Å². The maximum atomic E-state index is 6.13. The van der Waals surface area contributed by atoms with Gasteiger partial charge in [0, 0.05) is 30.4 Å². The Kier molecular flexibility index (Phi) is 9.34. The summed E-state index contributed by atoms with van der Waals surface area (Å²) >= 11 is 7.02. The molecule has 10 heteroatoms. The number of nitrogens with zero attached hydrogens (tertiary/aromatic N) is 4. The number of benzene rings is 2. The highest BCUT2D eigenvalue weighted by atomic mass is 79.9. The highest BCUT2D eigenvalue weighted by Gasteiger charge is 2.51. The summed E-state index contributed by atoms with van der Waals surface area (Å²) in [5.74, 6) is 0. The molecule has 0 atom stereocenters. The molecule has 1 aliphatic heterocycles. The molecule has 0 spiro atoms. The van der Waals surface area contributed by atoms with E-state index in [1.807, 2.05) is 0 Å². The number of aromatic nitrogens is 2. The van der Waals surface area contributed by atoms with E-state index in [1.165, 1.54) is 19.4 Å². The molecule has 204 valence electrons. The Morgan fingerprint density at radius 2 is 1.24 bits per heavy atom. The van der Waals surface area contributed by atoms with Gasteiger partial charge in [-0.05, 0) is 91.7 Å². The zero-order valence-corrected chi connectivity index (χ0v) is 26.9. The van der Waals surface area contributed by atoms with E-state index in [0.29, 0.717) is 0 Å². The maximum Gasteiger partial charge on any atom is 0.494 e. The van der Waals surface area contributed by atoms with Crippen LogP contribution in [0.15, 0.2) is 40.9 Å². The molecule has 0 radical (unpaired) electrons. The average molecular weight is 617 g/mol. The van der Waals surface area contributed by atoms with Gasteiger partial charge in [0.05, 0.1) is 41.7 Å². The Bertz CT molecular complexity index is 1370. The monoisotopic (exact) mass is 616 g/mol. The van der Waals surface area contributed by atoms with Crippen LogP contribution in [0.1, 0.15) is 37.7 Å². The third-order valence-corrected chi connectivity index (χ3v) is 9.61. The molecule has 1 saturated heterocycles. The summed E-state index contributed by atoms with van der Waals surface area (Å²) in [4.78, 5) is 13.7. The fourth-order valence-electron chi connectivity index (χ4n) is 3.92. The summed E-state index contributed by atoms with van der Waals surface area (Å²) in [5, 5.41) is 2.40. The molecule has 0 amide bonds. The van der Waals surface area contributed by atoms with E-state index in [1.54, 1.807) is 22.7 Å². The lowest BCUT2D eigenvalue weighted by atomic mass is 9.79. The average Bonchev–Trinajstić information content (AvgIpc) is 3.48. The first kappa shape index (κ1) is 29.6. The van der Waals surface area contributed by atoms with Crippen molar-refractivity contribution < 1.29 is 9.31 Å². The van der Waals surface area contributed by atoms with Crippen LogP contribution in [0.25, 0.3) is 20.4 Å². The van der Waals surface area contributed by atoms with Gasteiger partial charge in [-0.1, -0.05) is 22.0 Å². The lowest BCUT2D eigenvalue weighted by Crippen LogP contribution is -2.41. The molecular weight excluding hydrogens is 579 g/mol. The van der Waals surface area contributed by atoms with E-state index < -0.39 is 0 Å². The normalized spacial score (nSPS) is 16.6. The summed E-state index contributed by atoms with van der Waals surface area (Å²) in [7, 11) is 8.03. The second-order valence-corrected chi connectivity index (χ2v) is 14.4. The fourth-order valence-corrected chi connectivity index (χ4v) is 6.14. The summed E-state index contributed by atoms with van der Waals surface area (Å²) in [6, 6.07) is 12.6. The zero-order chi connectivity index (χ0) is 27.7. The molecule has 0 N–H and O–H groups in total. The minimum atomic E-state index is -0.323. The predicted molar refractivity (Wildman–Crippen MR) is 167 cm³/mol. The van der Waals surface area contributed by atoms with Gasteiger partial charge in [0.1, 0.15) is 0 Å². The van der Waals surface area contributed by atoms with Crippen molar-refractivity contribution in [2.75, 3.05) is 41.3 Å². The number of hydrogen-bond acceptors (Lipinski definition) is 8. The van der Waals surface area contributed by atoms with E-state index in [2.05, 4.69) is 123 Å². The number of rotatable bonds is 7. The molecule has 1 aliphatic rings. The molecule has 0 bridgehead atoms. The Balaban J connectivity index is 0.000000194. The highest BCUT2D eigenvalue weighted by Crippen LogP contribution is 2.36. The largest absolute Gasteiger partial charge is 0.494 e. The quantitative estimate of drug-likeness (QED) is 0.242. The Labute approximate surface area is 243 Å². The molecule has 5 rings (SSSR count). The molecule has 38 heavy (non-hydrogen) atoms. The summed E-state index contributed by atoms with van der Waals surface area (Å²) in [5.41, 5.74) is 2.55. The SMILES string of the molecule is CN(C)CCc1nc2cc(B3OC(C)(C)C(C)(C)O3)ccc2s1.CN(C)CCc1nc2cc(Br)ccc2s1. The van der Waals surface area contributed by atoms with Gasteiger partial charge in [-0.15, -0.1) is 22.7 Å². The zero-order valence-electron chi connectivity index (χ0n) is 23.7. The van der Waals surface area contributed by atoms with E-state index in [0.717, 1.165) is 46.9 Å². The molecule has 0 unspecified atom stereocenters. The fraction of sp³-hybridized carbons (Fsp3) is 0.500. The van der Waals surface area contributed by atoms with Gasteiger partial charge in [0.2, 0.25) is 0 Å². The molecule has 2 aromatic heterocycles. The van der Waals surface area contributed by atoms with Crippen LogP contribution in [0.4, 0.5) is 0 Å². The smallest absolute Gasteiger partial charge is 0.399 e. The van der Waals surface area contributed by atoms with E-state index in [9.17, 15) is 0 Å². The van der Waals surface area contributed by atoms with Gasteiger partial charge in [0.25, 0.3) is 0 Å². The van der Waals surface area contributed by atoms with Crippen molar-refractivity contribution in [3.63, 3.8) is 0 Å². The minimum Gasteiger partial charge on any atom is -0.399 e. The Morgan fingerprint density at radius 1 is 0.763 bits per heavy atom.